The second kappa shape index (κ2) is 4.11. The molecule has 4 nitrogen and oxygen atoms in total. The predicted octanol–water partition coefficient (Wildman–Crippen LogP) is 0.787. The van der Waals surface area contributed by atoms with Gasteiger partial charge in [0.1, 0.15) is 0 Å². The van der Waals surface area contributed by atoms with Crippen LogP contribution in [0.2, 0.25) is 0 Å². The van der Waals surface area contributed by atoms with Crippen molar-refractivity contribution in [2.24, 2.45) is 7.05 Å². The van der Waals surface area contributed by atoms with Crippen molar-refractivity contribution in [3.63, 3.8) is 0 Å². The largest absolute Gasteiger partial charge is 0.383 e. The van der Waals surface area contributed by atoms with Gasteiger partial charge in [0.15, 0.2) is 5.82 Å². The maximum absolute atomic E-state index is 4.91. The van der Waals surface area contributed by atoms with E-state index in [2.05, 4.69) is 10.4 Å². The molecule has 68 valence electrons. The quantitative estimate of drug-likeness (QED) is 0.677. The number of nitrogens with one attached hydrogen (secondary N) is 1. The van der Waals surface area contributed by atoms with Crippen molar-refractivity contribution >= 4 is 5.82 Å². The van der Waals surface area contributed by atoms with Gasteiger partial charge in [0, 0.05) is 32.5 Å². The molecule has 0 unspecified atom stereocenters. The van der Waals surface area contributed by atoms with E-state index in [4.69, 9.17) is 4.74 Å². The Bertz CT molecular complexity index is 244. The Morgan fingerprint density at radius 1 is 1.67 bits per heavy atom. The highest BCUT2D eigenvalue weighted by Crippen LogP contribution is 2.09. The van der Waals surface area contributed by atoms with Crippen molar-refractivity contribution < 1.29 is 4.74 Å². The van der Waals surface area contributed by atoms with Crippen LogP contribution >= 0.6 is 0 Å². The highest BCUT2D eigenvalue weighted by atomic mass is 16.5. The molecule has 1 aromatic rings. The molecule has 0 saturated carbocycles. The zero-order valence-electron chi connectivity index (χ0n) is 7.79. The normalized spacial score (nSPS) is 10.2. The third-order valence-electron chi connectivity index (χ3n) is 1.61. The number of aromatic nitrogens is 2. The van der Waals surface area contributed by atoms with Gasteiger partial charge in [0.05, 0.1) is 6.61 Å². The van der Waals surface area contributed by atoms with Gasteiger partial charge in [-0.25, -0.2) is 0 Å². The van der Waals surface area contributed by atoms with E-state index in [1.165, 1.54) is 0 Å². The fourth-order valence-corrected chi connectivity index (χ4v) is 1.05. The monoisotopic (exact) mass is 169 g/mol. The summed E-state index contributed by atoms with van der Waals surface area (Å²) in [5.74, 6) is 0.939. The summed E-state index contributed by atoms with van der Waals surface area (Å²) in [7, 11) is 3.60. The molecule has 1 N–H and O–H groups in total. The van der Waals surface area contributed by atoms with Gasteiger partial charge in [-0.3, -0.25) is 4.68 Å². The fraction of sp³-hybridized carbons (Fsp3) is 0.625. The molecule has 1 heterocycles. The molecule has 0 fully saturated rings. The summed E-state index contributed by atoms with van der Waals surface area (Å²) in [6.45, 7) is 3.53. The lowest BCUT2D eigenvalue weighted by Crippen LogP contribution is -2.08. The van der Waals surface area contributed by atoms with E-state index >= 15 is 0 Å². The molecule has 0 spiro atoms. The smallest absolute Gasteiger partial charge is 0.151 e. The minimum atomic E-state index is 0.704. The van der Waals surface area contributed by atoms with Crippen molar-refractivity contribution in [1.82, 2.24) is 9.78 Å². The number of rotatable bonds is 4. The molecule has 4 heteroatoms. The molecule has 0 atom stereocenters. The number of methoxy groups -OCH3 is 1. The van der Waals surface area contributed by atoms with Crippen LogP contribution in [0, 0.1) is 6.92 Å². The third-order valence-corrected chi connectivity index (χ3v) is 1.61. The Labute approximate surface area is 72.5 Å². The molecule has 0 aliphatic heterocycles. The van der Waals surface area contributed by atoms with Crippen LogP contribution in [0.4, 0.5) is 5.82 Å². The summed E-state index contributed by atoms with van der Waals surface area (Å²) in [4.78, 5) is 0. The van der Waals surface area contributed by atoms with E-state index in [0.29, 0.717) is 6.61 Å². The first-order chi connectivity index (χ1) is 5.74. The van der Waals surface area contributed by atoms with E-state index < -0.39 is 0 Å². The third kappa shape index (κ3) is 2.23. The van der Waals surface area contributed by atoms with Gasteiger partial charge < -0.3 is 10.1 Å². The zero-order valence-corrected chi connectivity index (χ0v) is 7.79. The molecule has 0 amide bonds. The van der Waals surface area contributed by atoms with E-state index in [0.717, 1.165) is 17.9 Å². The SMILES string of the molecule is COCCNc1nn(C)cc1C. The van der Waals surface area contributed by atoms with E-state index in [-0.39, 0.29) is 0 Å². The number of hydrogen-bond donors (Lipinski definition) is 1. The van der Waals surface area contributed by atoms with E-state index in [9.17, 15) is 0 Å². The van der Waals surface area contributed by atoms with Crippen molar-refractivity contribution in [3.8, 4) is 0 Å². The van der Waals surface area contributed by atoms with Crippen molar-refractivity contribution in [1.29, 1.82) is 0 Å². The Hall–Kier alpha value is -1.03. The first-order valence-electron chi connectivity index (χ1n) is 3.97. The van der Waals surface area contributed by atoms with Crippen LogP contribution in [0.25, 0.3) is 0 Å². The molecule has 0 aromatic carbocycles. The number of hydrogen-bond acceptors (Lipinski definition) is 3. The summed E-state index contributed by atoms with van der Waals surface area (Å²) in [5.41, 5.74) is 1.16. The Kier molecular flexibility index (Phi) is 3.10. The van der Waals surface area contributed by atoms with Crippen LogP contribution in [0.3, 0.4) is 0 Å². The van der Waals surface area contributed by atoms with Crippen LogP contribution in [-0.4, -0.2) is 30.0 Å². The van der Waals surface area contributed by atoms with Gasteiger partial charge in [-0.05, 0) is 6.92 Å². The Morgan fingerprint density at radius 3 is 2.92 bits per heavy atom. The van der Waals surface area contributed by atoms with Gasteiger partial charge in [-0.1, -0.05) is 0 Å². The van der Waals surface area contributed by atoms with E-state index in [1.807, 2.05) is 20.2 Å². The molecule has 0 aliphatic rings. The molecule has 0 bridgehead atoms. The minimum Gasteiger partial charge on any atom is -0.383 e. The molecule has 1 aromatic heterocycles. The van der Waals surface area contributed by atoms with Crippen LogP contribution in [0.1, 0.15) is 5.56 Å². The topological polar surface area (TPSA) is 39.1 Å². The first kappa shape index (κ1) is 9.06. The molecule has 0 aliphatic carbocycles. The standard InChI is InChI=1S/C8H15N3O/c1-7-6-11(2)10-8(7)9-4-5-12-3/h6H,4-5H2,1-3H3,(H,9,10). The zero-order chi connectivity index (χ0) is 8.97. The van der Waals surface area contributed by atoms with Gasteiger partial charge in [-0.15, -0.1) is 0 Å². The lowest BCUT2D eigenvalue weighted by Gasteiger charge is -2.01. The summed E-state index contributed by atoms with van der Waals surface area (Å²) in [5, 5.41) is 7.41. The second-order valence-corrected chi connectivity index (χ2v) is 2.75. The van der Waals surface area contributed by atoms with Gasteiger partial charge >= 0.3 is 0 Å². The summed E-state index contributed by atoms with van der Waals surface area (Å²) in [6, 6.07) is 0. The molecule has 0 radical (unpaired) electrons. The first-order valence-corrected chi connectivity index (χ1v) is 3.97. The highest BCUT2D eigenvalue weighted by molar-refractivity contribution is 5.41. The Balaban J connectivity index is 2.45. The number of aryl methyl sites for hydroxylation is 2. The highest BCUT2D eigenvalue weighted by Gasteiger charge is 2.00. The maximum atomic E-state index is 4.91. The van der Waals surface area contributed by atoms with Gasteiger partial charge in [0.2, 0.25) is 0 Å². The fourth-order valence-electron chi connectivity index (χ4n) is 1.05. The lowest BCUT2D eigenvalue weighted by atomic mass is 10.4. The van der Waals surface area contributed by atoms with Crippen molar-refractivity contribution in [2.75, 3.05) is 25.6 Å². The summed E-state index contributed by atoms with van der Waals surface area (Å²) < 4.78 is 6.71. The van der Waals surface area contributed by atoms with E-state index in [1.54, 1.807) is 11.8 Å². The van der Waals surface area contributed by atoms with Gasteiger partial charge in [0.25, 0.3) is 0 Å². The number of ether oxygens (including phenoxy) is 1. The van der Waals surface area contributed by atoms with Crippen LogP contribution in [-0.2, 0) is 11.8 Å². The maximum Gasteiger partial charge on any atom is 0.151 e. The number of nitrogens with zero attached hydrogens (tertiary/aromatic N) is 2. The van der Waals surface area contributed by atoms with Crippen molar-refractivity contribution in [3.05, 3.63) is 11.8 Å². The average Bonchev–Trinajstić information content (AvgIpc) is 2.31. The predicted molar refractivity (Wildman–Crippen MR) is 48.3 cm³/mol. The van der Waals surface area contributed by atoms with Gasteiger partial charge in [-0.2, -0.15) is 5.10 Å². The molecule has 12 heavy (non-hydrogen) atoms. The van der Waals surface area contributed by atoms with Crippen molar-refractivity contribution in [2.45, 2.75) is 6.92 Å². The summed E-state index contributed by atoms with van der Waals surface area (Å²) >= 11 is 0. The molecular weight excluding hydrogens is 154 g/mol. The Morgan fingerprint density at radius 2 is 2.42 bits per heavy atom. The second-order valence-electron chi connectivity index (χ2n) is 2.75. The summed E-state index contributed by atoms with van der Waals surface area (Å²) in [6.07, 6.45) is 1.98. The molecule has 0 saturated heterocycles. The minimum absolute atomic E-state index is 0.704. The molecular formula is C8H15N3O. The van der Waals surface area contributed by atoms with Crippen LogP contribution < -0.4 is 5.32 Å². The number of anilines is 1. The molecule has 1 rings (SSSR count). The van der Waals surface area contributed by atoms with Crippen LogP contribution in [0.5, 0.6) is 0 Å². The lowest BCUT2D eigenvalue weighted by molar-refractivity contribution is 0.210. The van der Waals surface area contributed by atoms with Crippen LogP contribution in [0.15, 0.2) is 6.20 Å². The average molecular weight is 169 g/mol.